The van der Waals surface area contributed by atoms with E-state index in [1.165, 1.54) is 0 Å². The Morgan fingerprint density at radius 3 is 2.46 bits per heavy atom. The van der Waals surface area contributed by atoms with Crippen molar-refractivity contribution in [3.05, 3.63) is 12.2 Å². The Morgan fingerprint density at radius 1 is 1.38 bits per heavy atom. The Hall–Kier alpha value is -0.830. The molecule has 76 valence electrons. The summed E-state index contributed by atoms with van der Waals surface area (Å²) in [5.41, 5.74) is 5.25. The summed E-state index contributed by atoms with van der Waals surface area (Å²) in [6.07, 6.45) is 3.70. The van der Waals surface area contributed by atoms with Crippen molar-refractivity contribution in [1.82, 2.24) is 5.32 Å². The Labute approximate surface area is 80.4 Å². The van der Waals surface area contributed by atoms with Crippen molar-refractivity contribution in [1.29, 1.82) is 0 Å². The van der Waals surface area contributed by atoms with Crippen LogP contribution in [-0.4, -0.2) is 19.0 Å². The first-order valence-electron chi connectivity index (χ1n) is 4.72. The van der Waals surface area contributed by atoms with E-state index >= 15 is 0 Å². The Bertz CT molecular complexity index is 176. The van der Waals surface area contributed by atoms with Gasteiger partial charge in [-0.2, -0.15) is 0 Å². The summed E-state index contributed by atoms with van der Waals surface area (Å²) < 4.78 is 0. The molecule has 0 heterocycles. The summed E-state index contributed by atoms with van der Waals surface area (Å²) in [5.74, 6) is 0.571. The zero-order chi connectivity index (χ0) is 10.3. The van der Waals surface area contributed by atoms with Crippen LogP contribution in [0.15, 0.2) is 12.2 Å². The van der Waals surface area contributed by atoms with Gasteiger partial charge in [0.05, 0.1) is 0 Å². The summed E-state index contributed by atoms with van der Waals surface area (Å²) in [7, 11) is 0. The monoisotopic (exact) mass is 184 g/mol. The molecule has 0 aliphatic heterocycles. The zero-order valence-corrected chi connectivity index (χ0v) is 8.71. The van der Waals surface area contributed by atoms with Gasteiger partial charge in [-0.3, -0.25) is 4.79 Å². The molecule has 0 aromatic rings. The smallest absolute Gasteiger partial charge is 0.223 e. The molecule has 3 nitrogen and oxygen atoms in total. The van der Waals surface area contributed by atoms with E-state index in [4.69, 9.17) is 5.73 Å². The SMILES string of the molecule is CC(C)C(C)C(=O)NC/C=C/CN. The Kier molecular flexibility index (Phi) is 6.24. The van der Waals surface area contributed by atoms with E-state index < -0.39 is 0 Å². The average Bonchev–Trinajstić information content (AvgIpc) is 2.10. The lowest BCUT2D eigenvalue weighted by Gasteiger charge is -2.14. The van der Waals surface area contributed by atoms with Crippen molar-refractivity contribution in [3.8, 4) is 0 Å². The van der Waals surface area contributed by atoms with Gasteiger partial charge >= 0.3 is 0 Å². The minimum absolute atomic E-state index is 0.0753. The maximum absolute atomic E-state index is 11.4. The third-order valence-electron chi connectivity index (χ3n) is 2.11. The first-order chi connectivity index (χ1) is 6.09. The van der Waals surface area contributed by atoms with Crippen LogP contribution in [0.3, 0.4) is 0 Å². The topological polar surface area (TPSA) is 55.1 Å². The van der Waals surface area contributed by atoms with E-state index in [1.807, 2.05) is 32.9 Å². The predicted molar refractivity (Wildman–Crippen MR) is 55.2 cm³/mol. The van der Waals surface area contributed by atoms with Gasteiger partial charge in [-0.1, -0.05) is 32.9 Å². The molecule has 0 rings (SSSR count). The van der Waals surface area contributed by atoms with Gasteiger partial charge in [0.2, 0.25) is 5.91 Å². The molecule has 1 amide bonds. The summed E-state index contributed by atoms with van der Waals surface area (Å²) in [4.78, 5) is 11.4. The molecule has 1 unspecified atom stereocenters. The molecule has 0 aliphatic carbocycles. The van der Waals surface area contributed by atoms with Crippen molar-refractivity contribution >= 4 is 5.91 Å². The van der Waals surface area contributed by atoms with Crippen LogP contribution < -0.4 is 11.1 Å². The molecule has 13 heavy (non-hydrogen) atoms. The Balaban J connectivity index is 3.68. The molecule has 0 aliphatic rings. The van der Waals surface area contributed by atoms with Crippen molar-refractivity contribution < 1.29 is 4.79 Å². The summed E-state index contributed by atoms with van der Waals surface area (Å²) in [5, 5.41) is 2.82. The Morgan fingerprint density at radius 2 is 2.00 bits per heavy atom. The lowest BCUT2D eigenvalue weighted by molar-refractivity contribution is -0.125. The average molecular weight is 184 g/mol. The van der Waals surface area contributed by atoms with Gasteiger partial charge in [0.25, 0.3) is 0 Å². The van der Waals surface area contributed by atoms with E-state index in [0.29, 0.717) is 19.0 Å². The van der Waals surface area contributed by atoms with Gasteiger partial charge < -0.3 is 11.1 Å². The van der Waals surface area contributed by atoms with Crippen LogP contribution in [0.2, 0.25) is 0 Å². The zero-order valence-electron chi connectivity index (χ0n) is 8.71. The van der Waals surface area contributed by atoms with Crippen LogP contribution in [0.4, 0.5) is 0 Å². The second-order valence-electron chi connectivity index (χ2n) is 3.48. The molecule has 3 N–H and O–H groups in total. The highest BCUT2D eigenvalue weighted by Gasteiger charge is 2.14. The van der Waals surface area contributed by atoms with Crippen LogP contribution in [0.1, 0.15) is 20.8 Å². The molecule has 0 aromatic heterocycles. The quantitative estimate of drug-likeness (QED) is 0.624. The molecule has 0 saturated carbocycles. The fourth-order valence-electron chi connectivity index (χ4n) is 0.803. The van der Waals surface area contributed by atoms with Crippen LogP contribution in [-0.2, 0) is 4.79 Å². The van der Waals surface area contributed by atoms with E-state index in [1.54, 1.807) is 0 Å². The van der Waals surface area contributed by atoms with Crippen LogP contribution in [0.25, 0.3) is 0 Å². The van der Waals surface area contributed by atoms with Crippen molar-refractivity contribution in [3.63, 3.8) is 0 Å². The molecule has 3 heteroatoms. The second-order valence-corrected chi connectivity index (χ2v) is 3.48. The number of rotatable bonds is 5. The minimum Gasteiger partial charge on any atom is -0.352 e. The van der Waals surface area contributed by atoms with Crippen molar-refractivity contribution in [2.24, 2.45) is 17.6 Å². The third-order valence-corrected chi connectivity index (χ3v) is 2.11. The fraction of sp³-hybridized carbons (Fsp3) is 0.700. The lowest BCUT2D eigenvalue weighted by Crippen LogP contribution is -2.31. The lowest BCUT2D eigenvalue weighted by atomic mass is 9.97. The van der Waals surface area contributed by atoms with Crippen LogP contribution in [0, 0.1) is 11.8 Å². The molecule has 1 atom stereocenters. The number of nitrogens with one attached hydrogen (secondary N) is 1. The third kappa shape index (κ3) is 5.42. The minimum atomic E-state index is 0.0753. The normalized spacial score (nSPS) is 13.6. The number of carbonyl (C=O) groups excluding carboxylic acids is 1. The van der Waals surface area contributed by atoms with Crippen molar-refractivity contribution in [2.75, 3.05) is 13.1 Å². The van der Waals surface area contributed by atoms with Gasteiger partial charge in [0.15, 0.2) is 0 Å². The maximum Gasteiger partial charge on any atom is 0.223 e. The summed E-state index contributed by atoms with van der Waals surface area (Å²) in [6, 6.07) is 0. The fourth-order valence-corrected chi connectivity index (χ4v) is 0.803. The van der Waals surface area contributed by atoms with E-state index in [9.17, 15) is 4.79 Å². The molecule has 0 saturated heterocycles. The van der Waals surface area contributed by atoms with E-state index in [2.05, 4.69) is 5.32 Å². The van der Waals surface area contributed by atoms with Gasteiger partial charge in [-0.25, -0.2) is 0 Å². The first kappa shape index (κ1) is 12.2. The molecular formula is C10H20N2O. The highest BCUT2D eigenvalue weighted by molar-refractivity contribution is 5.78. The van der Waals surface area contributed by atoms with Crippen molar-refractivity contribution in [2.45, 2.75) is 20.8 Å². The summed E-state index contributed by atoms with van der Waals surface area (Å²) >= 11 is 0. The number of hydrogen-bond donors (Lipinski definition) is 2. The number of amides is 1. The second kappa shape index (κ2) is 6.66. The first-order valence-corrected chi connectivity index (χ1v) is 4.72. The van der Waals surface area contributed by atoms with Crippen LogP contribution >= 0.6 is 0 Å². The molecule has 0 fully saturated rings. The molecule has 0 radical (unpaired) electrons. The van der Waals surface area contributed by atoms with Gasteiger partial charge in [-0.15, -0.1) is 0 Å². The van der Waals surface area contributed by atoms with Gasteiger partial charge in [-0.05, 0) is 5.92 Å². The van der Waals surface area contributed by atoms with Gasteiger partial charge in [0.1, 0.15) is 0 Å². The largest absolute Gasteiger partial charge is 0.352 e. The molecular weight excluding hydrogens is 164 g/mol. The summed E-state index contributed by atoms with van der Waals surface area (Å²) in [6.45, 7) is 7.12. The molecule has 0 spiro atoms. The maximum atomic E-state index is 11.4. The standard InChI is InChI=1S/C10H20N2O/c1-8(2)9(3)10(13)12-7-5-4-6-11/h4-5,8-9H,6-7,11H2,1-3H3,(H,12,13)/b5-4+. The number of carbonyl (C=O) groups is 1. The highest BCUT2D eigenvalue weighted by Crippen LogP contribution is 2.08. The van der Waals surface area contributed by atoms with E-state index in [0.717, 1.165) is 0 Å². The van der Waals surface area contributed by atoms with Crippen LogP contribution in [0.5, 0.6) is 0 Å². The van der Waals surface area contributed by atoms with E-state index in [-0.39, 0.29) is 11.8 Å². The highest BCUT2D eigenvalue weighted by atomic mass is 16.1. The van der Waals surface area contributed by atoms with Gasteiger partial charge in [0, 0.05) is 19.0 Å². The predicted octanol–water partition coefficient (Wildman–Crippen LogP) is 0.910. The molecule has 0 aromatic carbocycles. The molecule has 0 bridgehead atoms. The number of hydrogen-bond acceptors (Lipinski definition) is 2. The number of nitrogens with two attached hydrogens (primary N) is 1.